The molecule has 0 spiro atoms. The third-order valence-corrected chi connectivity index (χ3v) is 4.12. The van der Waals surface area contributed by atoms with Crippen molar-refractivity contribution in [3.8, 4) is 11.5 Å². The van der Waals surface area contributed by atoms with Crippen molar-refractivity contribution >= 4 is 5.78 Å². The van der Waals surface area contributed by atoms with Gasteiger partial charge >= 0.3 is 0 Å². The molecule has 1 N–H and O–H groups in total. The number of aromatic hydroxyl groups is 1. The molecule has 0 bridgehead atoms. The van der Waals surface area contributed by atoms with E-state index in [-0.39, 0.29) is 17.6 Å². The van der Waals surface area contributed by atoms with Crippen molar-refractivity contribution in [2.24, 2.45) is 0 Å². The Morgan fingerprint density at radius 1 is 1.14 bits per heavy atom. The van der Waals surface area contributed by atoms with Crippen molar-refractivity contribution < 1.29 is 14.6 Å². The molecular formula is C18H26O3. The van der Waals surface area contributed by atoms with E-state index in [2.05, 4.69) is 6.92 Å². The van der Waals surface area contributed by atoms with E-state index in [1.165, 1.54) is 44.6 Å². The summed E-state index contributed by atoms with van der Waals surface area (Å²) in [7, 11) is 0. The Hall–Kier alpha value is -1.51. The summed E-state index contributed by atoms with van der Waals surface area (Å²) in [6.45, 7) is 2.23. The van der Waals surface area contributed by atoms with Crippen molar-refractivity contribution in [1.29, 1.82) is 0 Å². The number of hydrogen-bond donors (Lipinski definition) is 1. The summed E-state index contributed by atoms with van der Waals surface area (Å²) in [5, 5.41) is 9.73. The van der Waals surface area contributed by atoms with Crippen LogP contribution in [0.2, 0.25) is 0 Å². The van der Waals surface area contributed by atoms with Crippen LogP contribution in [0.3, 0.4) is 0 Å². The van der Waals surface area contributed by atoms with E-state index < -0.39 is 0 Å². The lowest BCUT2D eigenvalue weighted by Gasteiger charge is -2.25. The number of ketones is 1. The maximum Gasteiger partial charge on any atom is 0.174 e. The molecule has 116 valence electrons. The number of unbranched alkanes of at least 4 members (excludes halogenated alkanes) is 6. The first-order chi connectivity index (χ1) is 10.2. The second-order valence-electron chi connectivity index (χ2n) is 5.93. The number of Topliss-reactive ketones (excluding diaryl/α,β-unsaturated/α-hetero) is 1. The van der Waals surface area contributed by atoms with Crippen LogP contribution in [0, 0.1) is 0 Å². The molecule has 3 nitrogen and oxygen atoms in total. The molecule has 1 aliphatic heterocycles. The third kappa shape index (κ3) is 4.48. The Morgan fingerprint density at radius 2 is 1.86 bits per heavy atom. The Kier molecular flexibility index (Phi) is 6.09. The molecule has 0 saturated carbocycles. The largest absolute Gasteiger partial charge is 0.507 e. The molecule has 1 atom stereocenters. The summed E-state index contributed by atoms with van der Waals surface area (Å²) in [5.41, 5.74) is 0.355. The first-order valence-electron chi connectivity index (χ1n) is 8.24. The molecule has 3 heteroatoms. The van der Waals surface area contributed by atoms with E-state index in [0.717, 1.165) is 12.8 Å². The molecule has 0 radical (unpaired) electrons. The standard InChI is InChI=1S/C18H26O3/c1-2-3-4-5-6-7-8-10-14-13-16(20)18-15(19)11-9-12-17(18)21-14/h9,11-12,14,19H,2-8,10,13H2,1H3/t14-/m1/s1. The molecule has 1 heterocycles. The van der Waals surface area contributed by atoms with Gasteiger partial charge in [0.25, 0.3) is 0 Å². The average molecular weight is 290 g/mol. The van der Waals surface area contributed by atoms with Gasteiger partial charge < -0.3 is 9.84 Å². The summed E-state index contributed by atoms with van der Waals surface area (Å²) in [6.07, 6.45) is 10.2. The summed E-state index contributed by atoms with van der Waals surface area (Å²) in [4.78, 5) is 12.1. The van der Waals surface area contributed by atoms with Gasteiger partial charge in [0.1, 0.15) is 23.2 Å². The van der Waals surface area contributed by atoms with Crippen LogP contribution in [-0.2, 0) is 0 Å². The lowest BCUT2D eigenvalue weighted by molar-refractivity contribution is 0.0830. The highest BCUT2D eigenvalue weighted by molar-refractivity contribution is 6.02. The van der Waals surface area contributed by atoms with E-state index in [9.17, 15) is 9.90 Å². The molecular weight excluding hydrogens is 264 g/mol. The van der Waals surface area contributed by atoms with Crippen LogP contribution in [0.25, 0.3) is 0 Å². The summed E-state index contributed by atoms with van der Waals surface area (Å²) in [5.74, 6) is 0.577. The van der Waals surface area contributed by atoms with Crippen molar-refractivity contribution in [3.05, 3.63) is 23.8 Å². The number of phenols is 1. The first kappa shape index (κ1) is 15.9. The monoisotopic (exact) mass is 290 g/mol. The number of fused-ring (bicyclic) bond motifs is 1. The lowest BCUT2D eigenvalue weighted by Crippen LogP contribution is -2.26. The molecule has 1 aromatic rings. The average Bonchev–Trinajstić information content (AvgIpc) is 2.46. The maximum absolute atomic E-state index is 12.1. The zero-order valence-electron chi connectivity index (χ0n) is 12.9. The molecule has 0 fully saturated rings. The summed E-state index contributed by atoms with van der Waals surface area (Å²) in [6, 6.07) is 5.03. The molecule has 0 unspecified atom stereocenters. The van der Waals surface area contributed by atoms with Gasteiger partial charge in [0.15, 0.2) is 5.78 Å². The van der Waals surface area contributed by atoms with Crippen molar-refractivity contribution in [3.63, 3.8) is 0 Å². The predicted octanol–water partition coefficient (Wildman–Crippen LogP) is 4.87. The van der Waals surface area contributed by atoms with Crippen molar-refractivity contribution in [1.82, 2.24) is 0 Å². The second-order valence-corrected chi connectivity index (χ2v) is 5.93. The quantitative estimate of drug-likeness (QED) is 0.695. The smallest absolute Gasteiger partial charge is 0.174 e. The van der Waals surface area contributed by atoms with Crippen LogP contribution >= 0.6 is 0 Å². The highest BCUT2D eigenvalue weighted by atomic mass is 16.5. The van der Waals surface area contributed by atoms with Gasteiger partial charge in [-0.2, -0.15) is 0 Å². The number of benzene rings is 1. The highest BCUT2D eigenvalue weighted by Crippen LogP contribution is 2.34. The van der Waals surface area contributed by atoms with Crippen LogP contribution in [-0.4, -0.2) is 17.0 Å². The lowest BCUT2D eigenvalue weighted by atomic mass is 9.96. The SMILES string of the molecule is CCCCCCCCC[C@@H]1CC(=O)c2c(O)cccc2O1. The van der Waals surface area contributed by atoms with Crippen LogP contribution in [0.4, 0.5) is 0 Å². The fourth-order valence-electron chi connectivity index (χ4n) is 2.92. The van der Waals surface area contributed by atoms with Gasteiger partial charge in [-0.25, -0.2) is 0 Å². The Labute approximate surface area is 127 Å². The minimum Gasteiger partial charge on any atom is -0.507 e. The van der Waals surface area contributed by atoms with E-state index in [0.29, 0.717) is 17.7 Å². The van der Waals surface area contributed by atoms with E-state index in [4.69, 9.17) is 4.74 Å². The topological polar surface area (TPSA) is 46.5 Å². The summed E-state index contributed by atoms with van der Waals surface area (Å²) < 4.78 is 5.85. The highest BCUT2D eigenvalue weighted by Gasteiger charge is 2.28. The predicted molar refractivity (Wildman–Crippen MR) is 84.1 cm³/mol. The van der Waals surface area contributed by atoms with Gasteiger partial charge in [0, 0.05) is 6.42 Å². The number of carbonyl (C=O) groups is 1. The van der Waals surface area contributed by atoms with Crippen LogP contribution < -0.4 is 4.74 Å². The van der Waals surface area contributed by atoms with E-state index >= 15 is 0 Å². The molecule has 0 aliphatic carbocycles. The molecule has 0 saturated heterocycles. The van der Waals surface area contributed by atoms with Gasteiger partial charge in [-0.1, -0.05) is 51.5 Å². The Morgan fingerprint density at radius 3 is 2.62 bits per heavy atom. The number of ether oxygens (including phenoxy) is 1. The minimum absolute atomic E-state index is 0.00213. The van der Waals surface area contributed by atoms with Gasteiger partial charge in [-0.3, -0.25) is 4.79 Å². The number of carbonyl (C=O) groups excluding carboxylic acids is 1. The normalized spacial score (nSPS) is 17.4. The van der Waals surface area contributed by atoms with Crippen molar-refractivity contribution in [2.75, 3.05) is 0 Å². The fourth-order valence-corrected chi connectivity index (χ4v) is 2.92. The fraction of sp³-hybridized carbons (Fsp3) is 0.611. The van der Waals surface area contributed by atoms with Crippen LogP contribution in [0.1, 0.15) is 75.1 Å². The number of hydrogen-bond acceptors (Lipinski definition) is 3. The van der Waals surface area contributed by atoms with Gasteiger partial charge in [-0.05, 0) is 25.0 Å². The molecule has 2 rings (SSSR count). The Balaban J connectivity index is 1.73. The Bertz CT molecular complexity index is 468. The zero-order valence-corrected chi connectivity index (χ0v) is 12.9. The molecule has 1 aliphatic rings. The first-order valence-corrected chi connectivity index (χ1v) is 8.24. The minimum atomic E-state index is -0.0255. The molecule has 21 heavy (non-hydrogen) atoms. The van der Waals surface area contributed by atoms with E-state index in [1.807, 2.05) is 0 Å². The zero-order chi connectivity index (χ0) is 15.1. The van der Waals surface area contributed by atoms with E-state index in [1.54, 1.807) is 12.1 Å². The van der Waals surface area contributed by atoms with Gasteiger partial charge in [0.05, 0.1) is 0 Å². The van der Waals surface area contributed by atoms with Gasteiger partial charge in [-0.15, -0.1) is 0 Å². The molecule has 0 amide bonds. The van der Waals surface area contributed by atoms with Crippen LogP contribution in [0.5, 0.6) is 11.5 Å². The van der Waals surface area contributed by atoms with Crippen molar-refractivity contribution in [2.45, 2.75) is 70.8 Å². The number of phenolic OH excluding ortho intramolecular Hbond substituents is 1. The second kappa shape index (κ2) is 8.06. The summed E-state index contributed by atoms with van der Waals surface area (Å²) >= 11 is 0. The molecule has 1 aromatic carbocycles. The molecule has 0 aromatic heterocycles. The third-order valence-electron chi connectivity index (χ3n) is 4.12. The van der Waals surface area contributed by atoms with Crippen LogP contribution in [0.15, 0.2) is 18.2 Å². The number of rotatable bonds is 8. The van der Waals surface area contributed by atoms with Gasteiger partial charge in [0.2, 0.25) is 0 Å². The maximum atomic E-state index is 12.1.